The molecule has 0 spiro atoms. The highest BCUT2D eigenvalue weighted by Gasteiger charge is 2.29. The van der Waals surface area contributed by atoms with Crippen molar-refractivity contribution in [2.24, 2.45) is 0 Å². The Bertz CT molecular complexity index is 705. The molecule has 1 aliphatic rings. The molecule has 26 heavy (non-hydrogen) atoms. The molecular formula is C22H27F2NO. The molecule has 0 atom stereocenters. The van der Waals surface area contributed by atoms with Gasteiger partial charge in [0.15, 0.2) is 11.6 Å². The van der Waals surface area contributed by atoms with Gasteiger partial charge in [0.2, 0.25) is 0 Å². The number of nitrogens with zero attached hydrogens (tertiary/aromatic N) is 1. The smallest absolute Gasteiger partial charge is 0.160 e. The van der Waals surface area contributed by atoms with Gasteiger partial charge in [-0.1, -0.05) is 38.8 Å². The minimum Gasteiger partial charge on any atom is -0.487 e. The van der Waals surface area contributed by atoms with Crippen LogP contribution in [0.2, 0.25) is 0 Å². The van der Waals surface area contributed by atoms with Crippen LogP contribution >= 0.6 is 0 Å². The van der Waals surface area contributed by atoms with Crippen molar-refractivity contribution in [3.63, 3.8) is 0 Å². The highest BCUT2D eigenvalue weighted by molar-refractivity contribution is 5.49. The molecule has 2 aromatic carbocycles. The molecule has 1 heterocycles. The van der Waals surface area contributed by atoms with E-state index in [1.807, 2.05) is 17.0 Å². The number of rotatable bonds is 8. The maximum Gasteiger partial charge on any atom is 0.160 e. The van der Waals surface area contributed by atoms with Crippen molar-refractivity contribution in [2.75, 3.05) is 18.0 Å². The normalized spacial score (nSPS) is 14.6. The van der Waals surface area contributed by atoms with Crippen LogP contribution in [0.4, 0.5) is 14.5 Å². The zero-order valence-electron chi connectivity index (χ0n) is 15.6. The Morgan fingerprint density at radius 3 is 2.19 bits per heavy atom. The monoisotopic (exact) mass is 359 g/mol. The molecule has 4 heteroatoms. The summed E-state index contributed by atoms with van der Waals surface area (Å²) < 4.78 is 32.3. The molecule has 0 radical (unpaired) electrons. The second kappa shape index (κ2) is 8.52. The lowest BCUT2D eigenvalue weighted by Gasteiger charge is -2.40. The average Bonchev–Trinajstić information content (AvgIpc) is 2.61. The quantitative estimate of drug-likeness (QED) is 0.580. The lowest BCUT2D eigenvalue weighted by atomic mass is 9.90. The first-order valence-corrected chi connectivity index (χ1v) is 9.57. The molecule has 1 saturated heterocycles. The second-order valence-electron chi connectivity index (χ2n) is 7.09. The molecule has 3 rings (SSSR count). The van der Waals surface area contributed by atoms with Crippen LogP contribution in [0.1, 0.15) is 51.0 Å². The van der Waals surface area contributed by atoms with Crippen LogP contribution in [0.3, 0.4) is 0 Å². The standard InChI is InChI=1S/C22H27F2NO/c1-3-5-16(6-4-2)17-7-10-19(11-8-17)26-20-14-25(15-20)18-9-12-21(23)22(24)13-18/h7-13,16,20H,3-6,14-15H2,1-2H3. The summed E-state index contributed by atoms with van der Waals surface area (Å²) in [4.78, 5) is 1.99. The summed E-state index contributed by atoms with van der Waals surface area (Å²) in [5.74, 6) is -0.121. The first-order chi connectivity index (χ1) is 12.6. The van der Waals surface area contributed by atoms with Crippen LogP contribution in [-0.4, -0.2) is 19.2 Å². The predicted molar refractivity (Wildman–Crippen MR) is 102 cm³/mol. The third-order valence-electron chi connectivity index (χ3n) is 5.04. The number of hydrogen-bond donors (Lipinski definition) is 0. The highest BCUT2D eigenvalue weighted by atomic mass is 19.2. The van der Waals surface area contributed by atoms with Crippen molar-refractivity contribution in [1.29, 1.82) is 0 Å². The first-order valence-electron chi connectivity index (χ1n) is 9.57. The van der Waals surface area contributed by atoms with E-state index in [0.717, 1.165) is 5.75 Å². The Balaban J connectivity index is 1.53. The van der Waals surface area contributed by atoms with E-state index in [-0.39, 0.29) is 6.10 Å². The molecule has 0 aliphatic carbocycles. The van der Waals surface area contributed by atoms with Crippen molar-refractivity contribution in [2.45, 2.75) is 51.6 Å². The third kappa shape index (κ3) is 4.35. The number of ether oxygens (including phenoxy) is 1. The van der Waals surface area contributed by atoms with Gasteiger partial charge in [-0.3, -0.25) is 0 Å². The lowest BCUT2D eigenvalue weighted by Crippen LogP contribution is -2.54. The van der Waals surface area contributed by atoms with Gasteiger partial charge in [-0.25, -0.2) is 8.78 Å². The fourth-order valence-corrected chi connectivity index (χ4v) is 3.59. The van der Waals surface area contributed by atoms with E-state index >= 15 is 0 Å². The molecule has 0 unspecified atom stereocenters. The van der Waals surface area contributed by atoms with Crippen LogP contribution in [0, 0.1) is 11.6 Å². The van der Waals surface area contributed by atoms with Crippen molar-refractivity contribution < 1.29 is 13.5 Å². The number of anilines is 1. The van der Waals surface area contributed by atoms with Crippen molar-refractivity contribution in [3.8, 4) is 5.75 Å². The van der Waals surface area contributed by atoms with Crippen molar-refractivity contribution in [3.05, 3.63) is 59.7 Å². The van der Waals surface area contributed by atoms with Crippen LogP contribution in [0.15, 0.2) is 42.5 Å². The molecule has 140 valence electrons. The van der Waals surface area contributed by atoms with Gasteiger partial charge in [-0.15, -0.1) is 0 Å². The SMILES string of the molecule is CCCC(CCC)c1ccc(OC2CN(c3ccc(F)c(F)c3)C2)cc1. The maximum absolute atomic E-state index is 13.3. The van der Waals surface area contributed by atoms with E-state index in [1.165, 1.54) is 43.4 Å². The molecule has 0 bridgehead atoms. The third-order valence-corrected chi connectivity index (χ3v) is 5.04. The van der Waals surface area contributed by atoms with Crippen LogP contribution < -0.4 is 9.64 Å². The van der Waals surface area contributed by atoms with Crippen molar-refractivity contribution >= 4 is 5.69 Å². The zero-order valence-corrected chi connectivity index (χ0v) is 15.6. The summed E-state index contributed by atoms with van der Waals surface area (Å²) >= 11 is 0. The Morgan fingerprint density at radius 2 is 1.62 bits per heavy atom. The summed E-state index contributed by atoms with van der Waals surface area (Å²) in [6, 6.07) is 12.5. The molecular weight excluding hydrogens is 332 g/mol. The van der Waals surface area contributed by atoms with Gasteiger partial charge in [-0.2, -0.15) is 0 Å². The predicted octanol–water partition coefficient (Wildman–Crippen LogP) is 5.92. The molecule has 0 saturated carbocycles. The molecule has 1 fully saturated rings. The van der Waals surface area contributed by atoms with E-state index < -0.39 is 11.6 Å². The van der Waals surface area contributed by atoms with E-state index in [2.05, 4.69) is 26.0 Å². The number of hydrogen-bond acceptors (Lipinski definition) is 2. The van der Waals surface area contributed by atoms with E-state index in [1.54, 1.807) is 6.07 Å². The summed E-state index contributed by atoms with van der Waals surface area (Å²) in [6.45, 7) is 5.83. The van der Waals surface area contributed by atoms with Crippen LogP contribution in [0.25, 0.3) is 0 Å². The summed E-state index contributed by atoms with van der Waals surface area (Å²) in [7, 11) is 0. The highest BCUT2D eigenvalue weighted by Crippen LogP contribution is 2.29. The van der Waals surface area contributed by atoms with Crippen molar-refractivity contribution in [1.82, 2.24) is 0 Å². The van der Waals surface area contributed by atoms with E-state index in [9.17, 15) is 8.78 Å². The molecule has 2 aromatic rings. The Labute approximate surface area is 154 Å². The van der Waals surface area contributed by atoms with Crippen LogP contribution in [-0.2, 0) is 0 Å². The molecule has 1 aliphatic heterocycles. The Hall–Kier alpha value is -2.10. The van der Waals surface area contributed by atoms with Gasteiger partial charge in [0.25, 0.3) is 0 Å². The average molecular weight is 359 g/mol. The van der Waals surface area contributed by atoms with Crippen LogP contribution in [0.5, 0.6) is 5.75 Å². The molecule has 0 aromatic heterocycles. The van der Waals surface area contributed by atoms with Gasteiger partial charge < -0.3 is 9.64 Å². The zero-order chi connectivity index (χ0) is 18.5. The fourth-order valence-electron chi connectivity index (χ4n) is 3.59. The van der Waals surface area contributed by atoms with E-state index in [0.29, 0.717) is 24.7 Å². The fraction of sp³-hybridized carbons (Fsp3) is 0.455. The molecule has 2 nitrogen and oxygen atoms in total. The lowest BCUT2D eigenvalue weighted by molar-refractivity contribution is 0.167. The maximum atomic E-state index is 13.3. The summed E-state index contributed by atoms with van der Waals surface area (Å²) in [5, 5.41) is 0. The van der Waals surface area contributed by atoms with E-state index in [4.69, 9.17) is 4.74 Å². The topological polar surface area (TPSA) is 12.5 Å². The van der Waals surface area contributed by atoms with Gasteiger partial charge in [0, 0.05) is 11.8 Å². The van der Waals surface area contributed by atoms with Gasteiger partial charge in [-0.05, 0) is 48.6 Å². The minimum absolute atomic E-state index is 0.0797. The summed E-state index contributed by atoms with van der Waals surface area (Å²) in [5.41, 5.74) is 2.08. The molecule has 0 amide bonds. The Kier molecular flexibility index (Phi) is 6.12. The Morgan fingerprint density at radius 1 is 0.962 bits per heavy atom. The second-order valence-corrected chi connectivity index (χ2v) is 7.09. The minimum atomic E-state index is -0.813. The number of halogens is 2. The van der Waals surface area contributed by atoms with Gasteiger partial charge >= 0.3 is 0 Å². The van der Waals surface area contributed by atoms with Gasteiger partial charge in [0.05, 0.1) is 13.1 Å². The first kappa shape index (κ1) is 18.7. The molecule has 0 N–H and O–H groups in total. The van der Waals surface area contributed by atoms with Gasteiger partial charge in [0.1, 0.15) is 11.9 Å². The number of benzene rings is 2. The summed E-state index contributed by atoms with van der Waals surface area (Å²) in [6.07, 6.45) is 4.92. The largest absolute Gasteiger partial charge is 0.487 e.